The van der Waals surface area contributed by atoms with Crippen molar-refractivity contribution in [3.8, 4) is 0 Å². The van der Waals surface area contributed by atoms with Gasteiger partial charge >= 0.3 is 0 Å². The van der Waals surface area contributed by atoms with Gasteiger partial charge in [-0.15, -0.1) is 12.4 Å². The number of para-hydroxylation sites is 1. The Morgan fingerprint density at radius 1 is 1.10 bits per heavy atom. The highest BCUT2D eigenvalue weighted by atomic mass is 35.5. The van der Waals surface area contributed by atoms with Crippen LogP contribution in [0.4, 0.5) is 5.69 Å². The molecule has 1 aliphatic rings. The number of fused-ring (bicyclic) bond motifs is 1. The first kappa shape index (κ1) is 16.1. The summed E-state index contributed by atoms with van der Waals surface area (Å²) in [7, 11) is 0. The average Bonchev–Trinajstić information content (AvgIpc) is 2.69. The lowest BCUT2D eigenvalue weighted by molar-refractivity contribution is -0.119. The SMILES string of the molecule is Cl.NC1C(=O)N(Cc2ccc(Cl)c(Cl)c2)c2ccccc21. The Bertz CT molecular complexity index is 690. The van der Waals surface area contributed by atoms with Crippen LogP contribution in [0.2, 0.25) is 10.0 Å². The van der Waals surface area contributed by atoms with Gasteiger partial charge in [0.1, 0.15) is 6.04 Å². The average molecular weight is 344 g/mol. The quantitative estimate of drug-likeness (QED) is 0.897. The molecule has 0 spiro atoms. The summed E-state index contributed by atoms with van der Waals surface area (Å²) in [6.07, 6.45) is 0. The summed E-state index contributed by atoms with van der Waals surface area (Å²) in [5.74, 6) is -0.0997. The number of rotatable bonds is 2. The van der Waals surface area contributed by atoms with Crippen LogP contribution in [-0.4, -0.2) is 5.91 Å². The van der Waals surface area contributed by atoms with Gasteiger partial charge in [0.2, 0.25) is 5.91 Å². The van der Waals surface area contributed by atoms with E-state index in [1.807, 2.05) is 30.3 Å². The summed E-state index contributed by atoms with van der Waals surface area (Å²) >= 11 is 11.9. The largest absolute Gasteiger partial charge is 0.316 e. The molecule has 3 nitrogen and oxygen atoms in total. The molecule has 2 aromatic rings. The van der Waals surface area contributed by atoms with Crippen molar-refractivity contribution in [2.75, 3.05) is 4.90 Å². The molecular weight excluding hydrogens is 331 g/mol. The van der Waals surface area contributed by atoms with Gasteiger partial charge in [0.15, 0.2) is 0 Å². The molecular formula is C15H13Cl3N2O. The molecule has 0 saturated carbocycles. The first-order valence-corrected chi connectivity index (χ1v) is 6.93. The third-order valence-electron chi connectivity index (χ3n) is 3.42. The summed E-state index contributed by atoms with van der Waals surface area (Å²) in [4.78, 5) is 13.9. The maximum atomic E-state index is 12.3. The van der Waals surface area contributed by atoms with Crippen LogP contribution in [0.25, 0.3) is 0 Å². The van der Waals surface area contributed by atoms with Crippen LogP contribution < -0.4 is 10.6 Å². The monoisotopic (exact) mass is 342 g/mol. The van der Waals surface area contributed by atoms with E-state index in [0.717, 1.165) is 16.8 Å². The third kappa shape index (κ3) is 2.87. The van der Waals surface area contributed by atoms with Crippen LogP contribution in [0, 0.1) is 0 Å². The van der Waals surface area contributed by atoms with Crippen molar-refractivity contribution < 1.29 is 4.79 Å². The number of halogens is 3. The Morgan fingerprint density at radius 2 is 1.81 bits per heavy atom. The molecule has 6 heteroatoms. The van der Waals surface area contributed by atoms with Gasteiger partial charge in [-0.3, -0.25) is 4.79 Å². The van der Waals surface area contributed by atoms with E-state index in [4.69, 9.17) is 28.9 Å². The lowest BCUT2D eigenvalue weighted by Crippen LogP contribution is -2.31. The molecule has 3 rings (SSSR count). The molecule has 1 heterocycles. The molecule has 1 aliphatic heterocycles. The molecule has 1 atom stereocenters. The maximum Gasteiger partial charge on any atom is 0.248 e. The molecule has 0 radical (unpaired) electrons. The number of carbonyl (C=O) groups excluding carboxylic acids is 1. The van der Waals surface area contributed by atoms with Crippen LogP contribution in [0.1, 0.15) is 17.2 Å². The summed E-state index contributed by atoms with van der Waals surface area (Å²) < 4.78 is 0. The number of hydrogen-bond donors (Lipinski definition) is 1. The maximum absolute atomic E-state index is 12.3. The van der Waals surface area contributed by atoms with Crippen LogP contribution in [-0.2, 0) is 11.3 Å². The lowest BCUT2D eigenvalue weighted by atomic mass is 10.1. The van der Waals surface area contributed by atoms with Crippen LogP contribution in [0.5, 0.6) is 0 Å². The first-order chi connectivity index (χ1) is 9.58. The predicted molar refractivity (Wildman–Crippen MR) is 88.3 cm³/mol. The molecule has 2 N–H and O–H groups in total. The van der Waals surface area contributed by atoms with Gasteiger partial charge < -0.3 is 10.6 Å². The van der Waals surface area contributed by atoms with Gasteiger partial charge in [-0.2, -0.15) is 0 Å². The Morgan fingerprint density at radius 3 is 2.52 bits per heavy atom. The zero-order chi connectivity index (χ0) is 14.3. The van der Waals surface area contributed by atoms with Crippen molar-refractivity contribution in [3.63, 3.8) is 0 Å². The van der Waals surface area contributed by atoms with Gasteiger partial charge in [-0.25, -0.2) is 0 Å². The number of benzene rings is 2. The molecule has 0 aromatic heterocycles. The van der Waals surface area contributed by atoms with Gasteiger partial charge in [-0.05, 0) is 23.8 Å². The first-order valence-electron chi connectivity index (χ1n) is 6.18. The fraction of sp³-hybridized carbons (Fsp3) is 0.133. The van der Waals surface area contributed by atoms with Crippen molar-refractivity contribution in [1.82, 2.24) is 0 Å². The summed E-state index contributed by atoms with van der Waals surface area (Å²) in [6.45, 7) is 0.431. The second kappa shape index (κ2) is 6.24. The highest BCUT2D eigenvalue weighted by Gasteiger charge is 2.34. The normalized spacial score (nSPS) is 16.6. The van der Waals surface area contributed by atoms with Crippen LogP contribution >= 0.6 is 35.6 Å². The Labute approximate surface area is 139 Å². The number of hydrogen-bond acceptors (Lipinski definition) is 2. The van der Waals surface area contributed by atoms with E-state index >= 15 is 0 Å². The summed E-state index contributed by atoms with van der Waals surface area (Å²) in [5, 5.41) is 0.980. The molecule has 0 fully saturated rings. The van der Waals surface area contributed by atoms with E-state index in [1.165, 1.54) is 0 Å². The molecule has 1 unspecified atom stereocenters. The van der Waals surface area contributed by atoms with Crippen molar-refractivity contribution in [2.24, 2.45) is 5.73 Å². The summed E-state index contributed by atoms with van der Waals surface area (Å²) in [5.41, 5.74) is 8.58. The standard InChI is InChI=1S/C15H12Cl2N2O.ClH/c16-11-6-5-9(7-12(11)17)8-19-13-4-2-1-3-10(13)14(18)15(19)20;/h1-7,14H,8,18H2;1H. The van der Waals surface area contributed by atoms with Crippen LogP contribution in [0.3, 0.4) is 0 Å². The minimum absolute atomic E-state index is 0. The number of anilines is 1. The fourth-order valence-corrected chi connectivity index (χ4v) is 2.72. The number of carbonyl (C=O) groups is 1. The predicted octanol–water partition coefficient (Wildman–Crippen LogP) is 3.96. The second-order valence-corrected chi connectivity index (χ2v) is 5.52. The van der Waals surface area contributed by atoms with E-state index in [0.29, 0.717) is 16.6 Å². The highest BCUT2D eigenvalue weighted by Crippen LogP contribution is 2.35. The molecule has 21 heavy (non-hydrogen) atoms. The van der Waals surface area contributed by atoms with Gasteiger partial charge in [0.25, 0.3) is 0 Å². The molecule has 110 valence electrons. The van der Waals surface area contributed by atoms with Crippen LogP contribution in [0.15, 0.2) is 42.5 Å². The van der Waals surface area contributed by atoms with E-state index in [2.05, 4.69) is 0 Å². The number of amides is 1. The minimum Gasteiger partial charge on any atom is -0.316 e. The van der Waals surface area contributed by atoms with Gasteiger partial charge in [0.05, 0.1) is 16.6 Å². The highest BCUT2D eigenvalue weighted by molar-refractivity contribution is 6.42. The Hall–Kier alpha value is -1.26. The zero-order valence-electron chi connectivity index (χ0n) is 10.9. The molecule has 1 amide bonds. The lowest BCUT2D eigenvalue weighted by Gasteiger charge is -2.18. The Kier molecular flexibility index (Phi) is 4.79. The van der Waals surface area contributed by atoms with Gasteiger partial charge in [-0.1, -0.05) is 47.5 Å². The number of nitrogens with two attached hydrogens (primary N) is 1. The smallest absolute Gasteiger partial charge is 0.248 e. The molecule has 0 saturated heterocycles. The summed E-state index contributed by atoms with van der Waals surface area (Å²) in [6, 6.07) is 12.3. The third-order valence-corrected chi connectivity index (χ3v) is 4.16. The Balaban J connectivity index is 0.00000161. The van der Waals surface area contributed by atoms with E-state index in [9.17, 15) is 4.79 Å². The fourth-order valence-electron chi connectivity index (χ4n) is 2.40. The molecule has 2 aromatic carbocycles. The minimum atomic E-state index is -0.589. The van der Waals surface area contributed by atoms with E-state index < -0.39 is 6.04 Å². The van der Waals surface area contributed by atoms with Crippen molar-refractivity contribution in [3.05, 3.63) is 63.6 Å². The number of nitrogens with zero attached hydrogens (tertiary/aromatic N) is 1. The van der Waals surface area contributed by atoms with E-state index in [1.54, 1.807) is 17.0 Å². The zero-order valence-corrected chi connectivity index (χ0v) is 13.3. The van der Waals surface area contributed by atoms with Crippen molar-refractivity contribution in [1.29, 1.82) is 0 Å². The van der Waals surface area contributed by atoms with Crippen molar-refractivity contribution in [2.45, 2.75) is 12.6 Å². The van der Waals surface area contributed by atoms with Gasteiger partial charge in [0, 0.05) is 11.3 Å². The van der Waals surface area contributed by atoms with E-state index in [-0.39, 0.29) is 18.3 Å². The van der Waals surface area contributed by atoms with Crippen molar-refractivity contribution >= 4 is 47.2 Å². The topological polar surface area (TPSA) is 46.3 Å². The second-order valence-electron chi connectivity index (χ2n) is 4.71. The molecule has 0 aliphatic carbocycles. The molecule has 0 bridgehead atoms.